The van der Waals surface area contributed by atoms with Crippen molar-refractivity contribution in [2.24, 2.45) is 0 Å². The molecule has 0 unspecified atom stereocenters. The zero-order valence-corrected chi connectivity index (χ0v) is 12.5. The van der Waals surface area contributed by atoms with Crippen molar-refractivity contribution in [3.05, 3.63) is 29.8 Å². The number of hydrogen-bond acceptors (Lipinski definition) is 3. The number of carbonyl (C=O) groups is 1. The van der Waals surface area contributed by atoms with Crippen LogP contribution in [0.5, 0.6) is 5.75 Å². The first-order chi connectivity index (χ1) is 8.86. The molecule has 1 N–H and O–H groups in total. The van der Waals surface area contributed by atoms with E-state index in [9.17, 15) is 4.79 Å². The van der Waals surface area contributed by atoms with Crippen LogP contribution in [0.2, 0.25) is 0 Å². The Morgan fingerprint density at radius 2 is 2.11 bits per heavy atom. The van der Waals surface area contributed by atoms with Crippen molar-refractivity contribution in [2.45, 2.75) is 26.3 Å². The van der Waals surface area contributed by atoms with Crippen LogP contribution < -0.4 is 10.1 Å². The summed E-state index contributed by atoms with van der Waals surface area (Å²) >= 11 is 0. The first-order valence-corrected chi connectivity index (χ1v) is 6.51. The van der Waals surface area contributed by atoms with Gasteiger partial charge in [-0.25, -0.2) is 0 Å². The van der Waals surface area contributed by atoms with Gasteiger partial charge in [-0.2, -0.15) is 0 Å². The Morgan fingerprint density at radius 3 is 2.68 bits per heavy atom. The van der Waals surface area contributed by atoms with Crippen molar-refractivity contribution in [3.63, 3.8) is 0 Å². The lowest BCUT2D eigenvalue weighted by Gasteiger charge is -2.28. The summed E-state index contributed by atoms with van der Waals surface area (Å²) < 4.78 is 5.64. The Kier molecular flexibility index (Phi) is 5.36. The Morgan fingerprint density at radius 1 is 1.42 bits per heavy atom. The van der Waals surface area contributed by atoms with Crippen LogP contribution >= 0.6 is 0 Å². The third kappa shape index (κ3) is 4.56. The Hall–Kier alpha value is -1.55. The fourth-order valence-corrected chi connectivity index (χ4v) is 1.69. The van der Waals surface area contributed by atoms with E-state index < -0.39 is 5.54 Å². The van der Waals surface area contributed by atoms with Gasteiger partial charge in [0, 0.05) is 7.05 Å². The van der Waals surface area contributed by atoms with E-state index in [1.54, 1.807) is 19.0 Å². The zero-order chi connectivity index (χ0) is 14.5. The molecule has 0 fully saturated rings. The van der Waals surface area contributed by atoms with Gasteiger partial charge in [0.1, 0.15) is 12.4 Å². The monoisotopic (exact) mass is 264 g/mol. The first-order valence-electron chi connectivity index (χ1n) is 6.51. The molecular formula is C15H24N2O2. The van der Waals surface area contributed by atoms with Gasteiger partial charge in [-0.15, -0.1) is 0 Å². The normalized spacial score (nSPS) is 11.2. The maximum absolute atomic E-state index is 12.1. The van der Waals surface area contributed by atoms with Crippen LogP contribution in [0, 0.1) is 6.92 Å². The van der Waals surface area contributed by atoms with Crippen LogP contribution in [0.3, 0.4) is 0 Å². The molecule has 0 saturated carbocycles. The van der Waals surface area contributed by atoms with Gasteiger partial charge in [-0.3, -0.25) is 4.79 Å². The minimum atomic E-state index is -0.544. The van der Waals surface area contributed by atoms with Crippen LogP contribution in [0.25, 0.3) is 0 Å². The minimum Gasteiger partial charge on any atom is -0.492 e. The summed E-state index contributed by atoms with van der Waals surface area (Å²) in [7, 11) is 3.58. The van der Waals surface area contributed by atoms with Crippen molar-refractivity contribution in [1.29, 1.82) is 0 Å². The molecule has 0 aliphatic carbocycles. The molecule has 0 aliphatic rings. The van der Waals surface area contributed by atoms with Crippen molar-refractivity contribution in [3.8, 4) is 5.75 Å². The van der Waals surface area contributed by atoms with Crippen LogP contribution in [-0.4, -0.2) is 43.6 Å². The number of aryl methyl sites for hydroxylation is 1. The second-order valence-electron chi connectivity index (χ2n) is 5.27. The SMILES string of the molecule is CNC(C)(C)C(=O)N(C)CCOc1cccc(C)c1. The molecule has 0 aromatic heterocycles. The molecule has 1 amide bonds. The number of rotatable bonds is 6. The summed E-state index contributed by atoms with van der Waals surface area (Å²) in [6, 6.07) is 7.90. The van der Waals surface area contributed by atoms with Gasteiger partial charge in [0.2, 0.25) is 5.91 Å². The summed E-state index contributed by atoms with van der Waals surface area (Å²) in [4.78, 5) is 13.8. The van der Waals surface area contributed by atoms with Gasteiger partial charge in [0.25, 0.3) is 0 Å². The predicted octanol–water partition coefficient (Wildman–Crippen LogP) is 1.83. The van der Waals surface area contributed by atoms with Crippen molar-refractivity contribution >= 4 is 5.91 Å². The molecule has 0 saturated heterocycles. The molecule has 0 aliphatic heterocycles. The van der Waals surface area contributed by atoms with E-state index >= 15 is 0 Å². The molecule has 1 rings (SSSR count). The summed E-state index contributed by atoms with van der Waals surface area (Å²) in [5.41, 5.74) is 0.621. The molecule has 19 heavy (non-hydrogen) atoms. The van der Waals surface area contributed by atoms with Gasteiger partial charge >= 0.3 is 0 Å². The van der Waals surface area contributed by atoms with Crippen molar-refractivity contribution < 1.29 is 9.53 Å². The largest absolute Gasteiger partial charge is 0.492 e. The molecule has 4 heteroatoms. The molecule has 106 valence electrons. The second kappa shape index (κ2) is 6.57. The van der Waals surface area contributed by atoms with Crippen LogP contribution in [0.15, 0.2) is 24.3 Å². The molecule has 0 radical (unpaired) electrons. The van der Waals surface area contributed by atoms with Gasteiger partial charge in [0.15, 0.2) is 0 Å². The summed E-state index contributed by atoms with van der Waals surface area (Å²) in [5.74, 6) is 0.900. The molecule has 1 aromatic carbocycles. The number of hydrogen-bond donors (Lipinski definition) is 1. The van der Waals surface area contributed by atoms with Gasteiger partial charge in [0.05, 0.1) is 12.1 Å². The average molecular weight is 264 g/mol. The standard InChI is InChI=1S/C15H24N2O2/c1-12-7-6-8-13(11-12)19-10-9-17(5)14(18)15(2,3)16-4/h6-8,11,16H,9-10H2,1-5H3. The fourth-order valence-electron chi connectivity index (χ4n) is 1.69. The smallest absolute Gasteiger partial charge is 0.242 e. The number of benzene rings is 1. The number of amides is 1. The lowest BCUT2D eigenvalue weighted by molar-refractivity contribution is -0.135. The van der Waals surface area contributed by atoms with E-state index in [2.05, 4.69) is 5.32 Å². The third-order valence-electron chi connectivity index (χ3n) is 3.19. The molecule has 0 heterocycles. The Balaban J connectivity index is 2.43. The van der Waals surface area contributed by atoms with E-state index in [1.165, 1.54) is 5.56 Å². The van der Waals surface area contributed by atoms with E-state index in [0.717, 1.165) is 5.75 Å². The van der Waals surface area contributed by atoms with Gasteiger partial charge < -0.3 is 15.0 Å². The molecule has 4 nitrogen and oxygen atoms in total. The van der Waals surface area contributed by atoms with E-state index in [-0.39, 0.29) is 5.91 Å². The number of likely N-dealkylation sites (N-methyl/N-ethyl adjacent to an activating group) is 2. The molecule has 1 aromatic rings. The van der Waals surface area contributed by atoms with Crippen LogP contribution in [0.4, 0.5) is 0 Å². The fraction of sp³-hybridized carbons (Fsp3) is 0.533. The van der Waals surface area contributed by atoms with Gasteiger partial charge in [-0.1, -0.05) is 12.1 Å². The third-order valence-corrected chi connectivity index (χ3v) is 3.19. The number of nitrogens with zero attached hydrogens (tertiary/aromatic N) is 1. The minimum absolute atomic E-state index is 0.0582. The number of ether oxygens (including phenoxy) is 1. The molecular weight excluding hydrogens is 240 g/mol. The molecule has 0 bridgehead atoms. The summed E-state index contributed by atoms with van der Waals surface area (Å²) in [6.07, 6.45) is 0. The highest BCUT2D eigenvalue weighted by atomic mass is 16.5. The number of nitrogens with one attached hydrogen (secondary N) is 1. The van der Waals surface area contributed by atoms with Gasteiger partial charge in [-0.05, 0) is 45.5 Å². The summed E-state index contributed by atoms with van der Waals surface area (Å²) in [5, 5.41) is 3.01. The average Bonchev–Trinajstić information content (AvgIpc) is 2.37. The Labute approximate surface area is 115 Å². The highest BCUT2D eigenvalue weighted by Crippen LogP contribution is 2.12. The second-order valence-corrected chi connectivity index (χ2v) is 5.27. The van der Waals surface area contributed by atoms with Crippen molar-refractivity contribution in [1.82, 2.24) is 10.2 Å². The predicted molar refractivity (Wildman–Crippen MR) is 77.4 cm³/mol. The van der Waals surface area contributed by atoms with Crippen molar-refractivity contribution in [2.75, 3.05) is 27.2 Å². The van der Waals surface area contributed by atoms with Crippen LogP contribution in [0.1, 0.15) is 19.4 Å². The highest BCUT2D eigenvalue weighted by molar-refractivity contribution is 5.85. The topological polar surface area (TPSA) is 41.6 Å². The molecule has 0 spiro atoms. The Bertz CT molecular complexity index is 430. The summed E-state index contributed by atoms with van der Waals surface area (Å²) in [6.45, 7) is 6.82. The maximum atomic E-state index is 12.1. The molecule has 0 atom stereocenters. The zero-order valence-electron chi connectivity index (χ0n) is 12.5. The first kappa shape index (κ1) is 15.5. The highest BCUT2D eigenvalue weighted by Gasteiger charge is 2.28. The number of carbonyl (C=O) groups excluding carboxylic acids is 1. The lowest BCUT2D eigenvalue weighted by atomic mass is 10.0. The lowest BCUT2D eigenvalue weighted by Crippen LogP contribution is -2.52. The van der Waals surface area contributed by atoms with E-state index in [4.69, 9.17) is 4.74 Å². The quantitative estimate of drug-likeness (QED) is 0.852. The maximum Gasteiger partial charge on any atom is 0.242 e. The van der Waals surface area contributed by atoms with E-state index in [1.807, 2.05) is 45.0 Å². The van der Waals surface area contributed by atoms with Crippen LogP contribution in [-0.2, 0) is 4.79 Å². The van der Waals surface area contributed by atoms with E-state index in [0.29, 0.717) is 13.2 Å².